The summed E-state index contributed by atoms with van der Waals surface area (Å²) in [6.45, 7) is 4.73. The Morgan fingerprint density at radius 3 is 2.46 bits per heavy atom. The maximum Gasteiger partial charge on any atom is 0.239 e. The van der Waals surface area contributed by atoms with Crippen molar-refractivity contribution in [3.8, 4) is 0 Å². The van der Waals surface area contributed by atoms with Crippen LogP contribution in [0.2, 0.25) is 0 Å². The van der Waals surface area contributed by atoms with Crippen LogP contribution in [0.25, 0.3) is 0 Å². The van der Waals surface area contributed by atoms with Crippen molar-refractivity contribution >= 4 is 27.3 Å². The van der Waals surface area contributed by atoms with Crippen LogP contribution in [0, 0.1) is 17.0 Å². The zero-order valence-electron chi connectivity index (χ0n) is 14.9. The molecule has 6 nitrogen and oxygen atoms in total. The summed E-state index contributed by atoms with van der Waals surface area (Å²) in [4.78, 5) is 26.8. The first-order chi connectivity index (χ1) is 12.0. The number of sulfone groups is 1. The lowest BCUT2D eigenvalue weighted by Gasteiger charge is -2.34. The van der Waals surface area contributed by atoms with Crippen LogP contribution in [0.1, 0.15) is 27.2 Å². The Labute approximate surface area is 151 Å². The Morgan fingerprint density at radius 2 is 1.96 bits per heavy atom. The average molecular weight is 388 g/mol. The van der Waals surface area contributed by atoms with Gasteiger partial charge in [-0.3, -0.25) is 9.59 Å². The predicted molar refractivity (Wildman–Crippen MR) is 93.2 cm³/mol. The number of nitrogens with one attached hydrogen (secondary N) is 1. The number of anilines is 1. The van der Waals surface area contributed by atoms with Crippen molar-refractivity contribution in [2.45, 2.75) is 33.2 Å². The Hall–Kier alpha value is -2.03. The molecule has 2 rings (SSSR count). The van der Waals surface area contributed by atoms with Gasteiger partial charge in [0, 0.05) is 18.7 Å². The smallest absolute Gasteiger partial charge is 0.239 e. The molecule has 0 spiro atoms. The Balaban J connectivity index is 2.18. The second-order valence-electron chi connectivity index (χ2n) is 6.85. The second-order valence-corrected chi connectivity index (χ2v) is 9.08. The molecular formula is C17H22F2N2O4S. The fraction of sp³-hybridized carbons (Fsp3) is 0.529. The highest BCUT2D eigenvalue weighted by Gasteiger charge is 2.43. The first kappa shape index (κ1) is 20.3. The van der Waals surface area contributed by atoms with Crippen LogP contribution in [0.3, 0.4) is 0 Å². The number of halogens is 2. The lowest BCUT2D eigenvalue weighted by atomic mass is 9.89. The first-order valence-corrected chi connectivity index (χ1v) is 10.1. The molecule has 0 radical (unpaired) electrons. The van der Waals surface area contributed by atoms with Crippen molar-refractivity contribution in [3.63, 3.8) is 0 Å². The van der Waals surface area contributed by atoms with Crippen LogP contribution in [0.5, 0.6) is 0 Å². The van der Waals surface area contributed by atoms with Crippen LogP contribution in [-0.2, 0) is 19.4 Å². The molecule has 0 aromatic heterocycles. The maximum atomic E-state index is 13.7. The van der Waals surface area contributed by atoms with E-state index in [1.165, 1.54) is 18.7 Å². The summed E-state index contributed by atoms with van der Waals surface area (Å²) in [7, 11) is -3.19. The minimum absolute atomic E-state index is 0.00879. The van der Waals surface area contributed by atoms with Gasteiger partial charge >= 0.3 is 0 Å². The molecule has 1 unspecified atom stereocenters. The van der Waals surface area contributed by atoms with Gasteiger partial charge in [0.2, 0.25) is 11.8 Å². The first-order valence-electron chi connectivity index (χ1n) is 8.26. The monoisotopic (exact) mass is 388 g/mol. The summed E-state index contributed by atoms with van der Waals surface area (Å²) in [6, 6.07) is 2.22. The van der Waals surface area contributed by atoms with Gasteiger partial charge in [-0.1, -0.05) is 0 Å². The van der Waals surface area contributed by atoms with Crippen molar-refractivity contribution in [1.82, 2.24) is 4.90 Å². The molecular weight excluding hydrogens is 366 g/mol. The quantitative estimate of drug-likeness (QED) is 0.782. The highest BCUT2D eigenvalue weighted by atomic mass is 32.2. The van der Waals surface area contributed by atoms with E-state index in [1.807, 2.05) is 0 Å². The van der Waals surface area contributed by atoms with E-state index in [2.05, 4.69) is 5.32 Å². The highest BCUT2D eigenvalue weighted by molar-refractivity contribution is 7.91. The van der Waals surface area contributed by atoms with E-state index in [9.17, 15) is 26.8 Å². The topological polar surface area (TPSA) is 83.6 Å². The SMILES string of the molecule is CCN(C(=O)C(C)(C)C(=O)Nc1ccc(F)cc1F)C1CCS(=O)(=O)C1. The number of amides is 2. The zero-order valence-corrected chi connectivity index (χ0v) is 15.7. The van der Waals surface area contributed by atoms with E-state index >= 15 is 0 Å². The van der Waals surface area contributed by atoms with Gasteiger partial charge in [0.25, 0.3) is 0 Å². The van der Waals surface area contributed by atoms with Gasteiger partial charge in [-0.25, -0.2) is 17.2 Å². The van der Waals surface area contributed by atoms with Crippen molar-refractivity contribution in [2.75, 3.05) is 23.4 Å². The Morgan fingerprint density at radius 1 is 1.31 bits per heavy atom. The summed E-state index contributed by atoms with van der Waals surface area (Å²) in [6.07, 6.45) is 0.326. The number of benzene rings is 1. The molecule has 0 saturated carbocycles. The van der Waals surface area contributed by atoms with Crippen molar-refractivity contribution in [2.24, 2.45) is 5.41 Å². The van der Waals surface area contributed by atoms with Crippen LogP contribution < -0.4 is 5.32 Å². The average Bonchev–Trinajstić information content (AvgIpc) is 2.90. The Bertz CT molecular complexity index is 824. The summed E-state index contributed by atoms with van der Waals surface area (Å²) in [5.41, 5.74) is -1.79. The lowest BCUT2D eigenvalue weighted by Crippen LogP contribution is -2.51. The molecule has 1 heterocycles. The number of nitrogens with zero attached hydrogens (tertiary/aromatic N) is 1. The number of carbonyl (C=O) groups excluding carboxylic acids is 2. The van der Waals surface area contributed by atoms with Crippen LogP contribution in [0.15, 0.2) is 18.2 Å². The number of hydrogen-bond donors (Lipinski definition) is 1. The molecule has 144 valence electrons. The normalized spacial score (nSPS) is 19.2. The van der Waals surface area contributed by atoms with E-state index in [0.29, 0.717) is 12.5 Å². The van der Waals surface area contributed by atoms with E-state index in [-0.39, 0.29) is 23.7 Å². The summed E-state index contributed by atoms with van der Waals surface area (Å²) < 4.78 is 50.1. The van der Waals surface area contributed by atoms with E-state index in [1.54, 1.807) is 6.92 Å². The number of carbonyl (C=O) groups is 2. The molecule has 9 heteroatoms. The third kappa shape index (κ3) is 4.20. The van der Waals surface area contributed by atoms with Gasteiger partial charge in [0.1, 0.15) is 17.0 Å². The van der Waals surface area contributed by atoms with Crippen molar-refractivity contribution < 1.29 is 26.8 Å². The third-order valence-corrected chi connectivity index (χ3v) is 6.28. The van der Waals surface area contributed by atoms with Gasteiger partial charge < -0.3 is 10.2 Å². The highest BCUT2D eigenvalue weighted by Crippen LogP contribution is 2.27. The summed E-state index contributed by atoms with van der Waals surface area (Å²) >= 11 is 0. The van der Waals surface area contributed by atoms with Gasteiger partial charge in [-0.05, 0) is 39.3 Å². The van der Waals surface area contributed by atoms with E-state index in [0.717, 1.165) is 12.1 Å². The summed E-state index contributed by atoms with van der Waals surface area (Å²) in [5.74, 6) is -3.15. The van der Waals surface area contributed by atoms with Gasteiger partial charge in [-0.2, -0.15) is 0 Å². The van der Waals surface area contributed by atoms with Gasteiger partial charge in [0.05, 0.1) is 17.2 Å². The standard InChI is InChI=1S/C17H22F2N2O4S/c1-4-21(12-7-8-26(24,25)10-12)16(23)17(2,3)15(22)20-14-6-5-11(18)9-13(14)19/h5-6,9,12H,4,7-8,10H2,1-3H3,(H,20,22). The third-order valence-electron chi connectivity index (χ3n) is 4.53. The fourth-order valence-electron chi connectivity index (χ4n) is 2.91. The predicted octanol–water partition coefficient (Wildman–Crippen LogP) is 1.97. The Kier molecular flexibility index (Phi) is 5.70. The minimum Gasteiger partial charge on any atom is -0.338 e. The molecule has 0 bridgehead atoms. The molecule has 1 aromatic carbocycles. The maximum absolute atomic E-state index is 13.7. The molecule has 0 aliphatic carbocycles. The van der Waals surface area contributed by atoms with Crippen LogP contribution in [0.4, 0.5) is 14.5 Å². The molecule has 1 aliphatic heterocycles. The van der Waals surface area contributed by atoms with Crippen molar-refractivity contribution in [1.29, 1.82) is 0 Å². The minimum atomic E-state index is -3.19. The molecule has 26 heavy (non-hydrogen) atoms. The van der Waals surface area contributed by atoms with E-state index < -0.39 is 44.7 Å². The molecule has 1 aliphatic rings. The van der Waals surface area contributed by atoms with Gasteiger partial charge in [-0.15, -0.1) is 0 Å². The van der Waals surface area contributed by atoms with Crippen LogP contribution >= 0.6 is 0 Å². The number of rotatable bonds is 5. The molecule has 1 aromatic rings. The summed E-state index contributed by atoms with van der Waals surface area (Å²) in [5, 5.41) is 2.30. The molecule has 1 atom stereocenters. The van der Waals surface area contributed by atoms with Crippen molar-refractivity contribution in [3.05, 3.63) is 29.8 Å². The van der Waals surface area contributed by atoms with Gasteiger partial charge in [0.15, 0.2) is 9.84 Å². The zero-order chi connectivity index (χ0) is 19.7. The second kappa shape index (κ2) is 7.30. The number of hydrogen-bond acceptors (Lipinski definition) is 4. The lowest BCUT2D eigenvalue weighted by molar-refractivity contribution is -0.147. The van der Waals surface area contributed by atoms with E-state index in [4.69, 9.17) is 0 Å². The largest absolute Gasteiger partial charge is 0.338 e. The fourth-order valence-corrected chi connectivity index (χ4v) is 4.65. The molecule has 2 amide bonds. The molecule has 1 fully saturated rings. The van der Waals surface area contributed by atoms with Crippen LogP contribution in [-0.4, -0.2) is 49.2 Å². The molecule has 1 saturated heterocycles. The molecule has 1 N–H and O–H groups in total.